The lowest BCUT2D eigenvalue weighted by Gasteiger charge is -2.12. The molecule has 0 saturated carbocycles. The number of benzene rings is 3. The number of phenolic OH excluding ortho intramolecular Hbond substituents is 1. The van der Waals surface area contributed by atoms with E-state index in [2.05, 4.69) is 34.9 Å². The van der Waals surface area contributed by atoms with Gasteiger partial charge in [-0.25, -0.2) is 0 Å². The van der Waals surface area contributed by atoms with Gasteiger partial charge in [0.15, 0.2) is 11.5 Å². The fraction of sp³-hybridized carbons (Fsp3) is 0.296. The molecule has 0 aliphatic heterocycles. The molecule has 32 heavy (non-hydrogen) atoms. The van der Waals surface area contributed by atoms with Crippen molar-refractivity contribution in [1.29, 1.82) is 0 Å². The fourth-order valence-electron chi connectivity index (χ4n) is 3.63. The van der Waals surface area contributed by atoms with Crippen molar-refractivity contribution in [2.75, 3.05) is 20.2 Å². The molecule has 1 amide bonds. The van der Waals surface area contributed by atoms with Crippen LogP contribution in [0.15, 0.2) is 72.8 Å². The summed E-state index contributed by atoms with van der Waals surface area (Å²) in [5.41, 5.74) is 4.11. The summed E-state index contributed by atoms with van der Waals surface area (Å²) in [6.45, 7) is 2.05. The second kappa shape index (κ2) is 12.5. The minimum Gasteiger partial charge on any atom is -0.504 e. The Balaban J connectivity index is 1.41. The number of carbonyl (C=O) groups is 1. The Hall–Kier alpha value is -3.31. The Labute approximate surface area is 190 Å². The highest BCUT2D eigenvalue weighted by Gasteiger charge is 2.10. The van der Waals surface area contributed by atoms with Crippen molar-refractivity contribution in [1.82, 2.24) is 10.6 Å². The third kappa shape index (κ3) is 7.13. The summed E-state index contributed by atoms with van der Waals surface area (Å²) in [6.07, 6.45) is 3.84. The third-order valence-electron chi connectivity index (χ3n) is 5.43. The number of hydrogen-bond acceptors (Lipinski definition) is 4. The number of hydrogen-bond donors (Lipinski definition) is 3. The Morgan fingerprint density at radius 2 is 1.66 bits per heavy atom. The summed E-state index contributed by atoms with van der Waals surface area (Å²) in [7, 11) is 1.54. The monoisotopic (exact) mass is 432 g/mol. The Kier molecular flexibility index (Phi) is 9.14. The van der Waals surface area contributed by atoms with E-state index < -0.39 is 0 Å². The first-order valence-corrected chi connectivity index (χ1v) is 11.1. The molecule has 0 bridgehead atoms. The molecule has 0 aromatic heterocycles. The summed E-state index contributed by atoms with van der Waals surface area (Å²) < 4.78 is 5.16. The van der Waals surface area contributed by atoms with Crippen molar-refractivity contribution in [2.45, 2.75) is 32.2 Å². The minimum absolute atomic E-state index is 0.0228. The zero-order valence-corrected chi connectivity index (χ0v) is 18.6. The van der Waals surface area contributed by atoms with Gasteiger partial charge in [-0.3, -0.25) is 4.79 Å². The number of aryl methyl sites for hydroxylation is 1. The van der Waals surface area contributed by atoms with Crippen LogP contribution in [0.25, 0.3) is 0 Å². The molecule has 5 heteroatoms. The van der Waals surface area contributed by atoms with E-state index in [0.717, 1.165) is 48.9 Å². The van der Waals surface area contributed by atoms with Crippen molar-refractivity contribution in [2.24, 2.45) is 0 Å². The van der Waals surface area contributed by atoms with E-state index in [1.54, 1.807) is 13.2 Å². The maximum atomic E-state index is 12.7. The summed E-state index contributed by atoms with van der Waals surface area (Å²) in [6, 6.07) is 23.5. The molecule has 0 radical (unpaired) electrons. The van der Waals surface area contributed by atoms with Crippen LogP contribution < -0.4 is 15.4 Å². The maximum absolute atomic E-state index is 12.7. The van der Waals surface area contributed by atoms with Gasteiger partial charge in [0, 0.05) is 18.7 Å². The number of unbranched alkanes of at least 4 members (excludes halogenated alkanes) is 1. The number of methoxy groups -OCH3 is 1. The summed E-state index contributed by atoms with van der Waals surface area (Å²) >= 11 is 0. The van der Waals surface area contributed by atoms with Gasteiger partial charge in [0.05, 0.1) is 7.11 Å². The summed E-state index contributed by atoms with van der Waals surface area (Å²) in [5, 5.41) is 16.2. The summed E-state index contributed by atoms with van der Waals surface area (Å²) in [4.78, 5) is 12.7. The van der Waals surface area contributed by atoms with E-state index in [0.29, 0.717) is 18.8 Å². The molecule has 0 saturated heterocycles. The van der Waals surface area contributed by atoms with Crippen molar-refractivity contribution >= 4 is 5.91 Å². The zero-order chi connectivity index (χ0) is 22.6. The standard InChI is InChI=1S/C27H32N2O3/c1-32-26-19-22(14-15-25(26)30)16-18-28-20-23-12-5-6-13-24(23)27(31)29-17-8-7-11-21-9-3-2-4-10-21/h2-6,9-10,12-15,19,28,30H,7-8,11,16-18,20H2,1H3,(H,29,31). The van der Waals surface area contributed by atoms with E-state index >= 15 is 0 Å². The quantitative estimate of drug-likeness (QED) is 0.369. The highest BCUT2D eigenvalue weighted by Crippen LogP contribution is 2.26. The molecule has 168 valence electrons. The first-order valence-electron chi connectivity index (χ1n) is 11.1. The van der Waals surface area contributed by atoms with Gasteiger partial charge < -0.3 is 20.5 Å². The number of amides is 1. The Bertz CT molecular complexity index is 989. The average Bonchev–Trinajstić information content (AvgIpc) is 2.83. The van der Waals surface area contributed by atoms with Crippen LogP contribution in [0.4, 0.5) is 0 Å². The molecule has 0 aliphatic carbocycles. The molecular weight excluding hydrogens is 400 g/mol. The lowest BCUT2D eigenvalue weighted by atomic mass is 10.1. The van der Waals surface area contributed by atoms with Crippen molar-refractivity contribution < 1.29 is 14.6 Å². The largest absolute Gasteiger partial charge is 0.504 e. The van der Waals surface area contributed by atoms with Crippen LogP contribution in [-0.2, 0) is 19.4 Å². The first kappa shape index (κ1) is 23.4. The lowest BCUT2D eigenvalue weighted by molar-refractivity contribution is 0.0952. The van der Waals surface area contributed by atoms with Crippen LogP contribution >= 0.6 is 0 Å². The second-order valence-electron chi connectivity index (χ2n) is 7.79. The predicted molar refractivity (Wildman–Crippen MR) is 128 cm³/mol. The molecule has 5 nitrogen and oxygen atoms in total. The van der Waals surface area contributed by atoms with Gasteiger partial charge in [0.2, 0.25) is 0 Å². The number of nitrogens with one attached hydrogen (secondary N) is 2. The van der Waals surface area contributed by atoms with Crippen LogP contribution in [0.1, 0.15) is 39.9 Å². The Morgan fingerprint density at radius 1 is 0.875 bits per heavy atom. The first-order chi connectivity index (χ1) is 15.7. The van der Waals surface area contributed by atoms with Gasteiger partial charge in [0.1, 0.15) is 0 Å². The molecule has 3 aromatic carbocycles. The molecule has 3 aromatic rings. The van der Waals surface area contributed by atoms with Gasteiger partial charge in [0.25, 0.3) is 5.91 Å². The van der Waals surface area contributed by atoms with Gasteiger partial charge in [-0.1, -0.05) is 54.6 Å². The van der Waals surface area contributed by atoms with Gasteiger partial charge in [-0.05, 0) is 67.1 Å². The molecule has 3 N–H and O–H groups in total. The highest BCUT2D eigenvalue weighted by atomic mass is 16.5. The second-order valence-corrected chi connectivity index (χ2v) is 7.79. The molecule has 0 spiro atoms. The van der Waals surface area contributed by atoms with Crippen LogP contribution in [0.5, 0.6) is 11.5 Å². The van der Waals surface area contributed by atoms with E-state index in [4.69, 9.17) is 4.74 Å². The van der Waals surface area contributed by atoms with Gasteiger partial charge in [-0.2, -0.15) is 0 Å². The highest BCUT2D eigenvalue weighted by molar-refractivity contribution is 5.95. The van der Waals surface area contributed by atoms with Crippen LogP contribution in [0.2, 0.25) is 0 Å². The van der Waals surface area contributed by atoms with Crippen molar-refractivity contribution in [3.8, 4) is 11.5 Å². The van der Waals surface area contributed by atoms with E-state index in [9.17, 15) is 9.90 Å². The average molecular weight is 433 g/mol. The van der Waals surface area contributed by atoms with Crippen LogP contribution in [0.3, 0.4) is 0 Å². The van der Waals surface area contributed by atoms with Crippen LogP contribution in [-0.4, -0.2) is 31.2 Å². The minimum atomic E-state index is -0.0228. The maximum Gasteiger partial charge on any atom is 0.251 e. The van der Waals surface area contributed by atoms with Crippen molar-refractivity contribution in [3.63, 3.8) is 0 Å². The number of ether oxygens (including phenoxy) is 1. The molecule has 0 fully saturated rings. The smallest absolute Gasteiger partial charge is 0.251 e. The van der Waals surface area contributed by atoms with E-state index in [-0.39, 0.29) is 11.7 Å². The molecule has 0 heterocycles. The normalized spacial score (nSPS) is 10.7. The SMILES string of the molecule is COc1cc(CCNCc2ccccc2C(=O)NCCCCc2ccccc2)ccc1O. The number of rotatable bonds is 12. The fourth-order valence-corrected chi connectivity index (χ4v) is 3.63. The molecule has 3 rings (SSSR count). The van der Waals surface area contributed by atoms with Gasteiger partial charge in [-0.15, -0.1) is 0 Å². The lowest BCUT2D eigenvalue weighted by Crippen LogP contribution is -2.27. The van der Waals surface area contributed by atoms with Gasteiger partial charge >= 0.3 is 0 Å². The molecule has 0 unspecified atom stereocenters. The topological polar surface area (TPSA) is 70.6 Å². The molecule has 0 atom stereocenters. The number of aromatic hydroxyl groups is 1. The predicted octanol–water partition coefficient (Wildman–Crippen LogP) is 4.49. The third-order valence-corrected chi connectivity index (χ3v) is 5.43. The van der Waals surface area contributed by atoms with E-state index in [1.165, 1.54) is 5.56 Å². The molecular formula is C27H32N2O3. The summed E-state index contributed by atoms with van der Waals surface area (Å²) in [5.74, 6) is 0.600. The molecule has 0 aliphatic rings. The van der Waals surface area contributed by atoms with Crippen molar-refractivity contribution in [3.05, 3.63) is 95.1 Å². The van der Waals surface area contributed by atoms with E-state index in [1.807, 2.05) is 42.5 Å². The number of carbonyl (C=O) groups excluding carboxylic acids is 1. The van der Waals surface area contributed by atoms with Crippen LogP contribution in [0, 0.1) is 0 Å². The zero-order valence-electron chi connectivity index (χ0n) is 18.6. The Morgan fingerprint density at radius 3 is 2.47 bits per heavy atom. The number of phenols is 1.